The van der Waals surface area contributed by atoms with Crippen molar-refractivity contribution in [2.24, 2.45) is 0 Å². The normalized spacial score (nSPS) is 14.1. The molecule has 180 valence electrons. The average molecular weight is 486 g/mol. The molecule has 1 saturated heterocycles. The van der Waals surface area contributed by atoms with E-state index in [1.54, 1.807) is 44.6 Å². The van der Waals surface area contributed by atoms with Crippen LogP contribution in [0.1, 0.15) is 21.7 Å². The molecule has 1 aliphatic heterocycles. The summed E-state index contributed by atoms with van der Waals surface area (Å²) < 4.78 is 28.0. The topological polar surface area (TPSA) is 79.8 Å². The van der Waals surface area contributed by atoms with Gasteiger partial charge in [-0.2, -0.15) is 4.37 Å². The van der Waals surface area contributed by atoms with E-state index in [0.717, 1.165) is 49.2 Å². The largest absolute Gasteiger partial charge is 0.497 e. The van der Waals surface area contributed by atoms with E-state index in [9.17, 15) is 9.18 Å². The van der Waals surface area contributed by atoms with E-state index in [4.69, 9.17) is 9.47 Å². The van der Waals surface area contributed by atoms with Gasteiger partial charge >= 0.3 is 0 Å². The van der Waals surface area contributed by atoms with Gasteiger partial charge < -0.3 is 19.7 Å². The summed E-state index contributed by atoms with van der Waals surface area (Å²) in [6, 6.07) is 11.6. The number of hydrogen-bond donors (Lipinski definition) is 1. The van der Waals surface area contributed by atoms with Gasteiger partial charge in [-0.15, -0.1) is 0 Å². The minimum absolute atomic E-state index is 0.154. The second kappa shape index (κ2) is 11.3. The first-order valence-electron chi connectivity index (χ1n) is 11.1. The number of nitrogens with one attached hydrogen (secondary N) is 1. The molecule has 1 aliphatic rings. The lowest BCUT2D eigenvalue weighted by atomic mass is 10.1. The van der Waals surface area contributed by atoms with Crippen molar-refractivity contribution < 1.29 is 18.7 Å². The zero-order valence-corrected chi connectivity index (χ0v) is 20.1. The molecule has 0 aliphatic carbocycles. The van der Waals surface area contributed by atoms with Crippen molar-refractivity contribution in [1.29, 1.82) is 0 Å². The van der Waals surface area contributed by atoms with E-state index in [-0.39, 0.29) is 11.7 Å². The molecule has 4 rings (SSSR count). The summed E-state index contributed by atoms with van der Waals surface area (Å²) in [5, 5.41) is 3.89. The number of nitrogens with zero attached hydrogens (tertiary/aromatic N) is 4. The molecular formula is C24H28FN5O3S. The third kappa shape index (κ3) is 6.21. The molecule has 8 nitrogen and oxygen atoms in total. The molecule has 3 aromatic rings. The van der Waals surface area contributed by atoms with Crippen LogP contribution in [0.2, 0.25) is 0 Å². The van der Waals surface area contributed by atoms with E-state index in [2.05, 4.69) is 24.5 Å². The molecule has 1 aromatic heterocycles. The summed E-state index contributed by atoms with van der Waals surface area (Å²) in [5.41, 5.74) is 1.50. The second-order valence-electron chi connectivity index (χ2n) is 7.98. The minimum Gasteiger partial charge on any atom is -0.497 e. The van der Waals surface area contributed by atoms with Gasteiger partial charge in [-0.25, -0.2) is 9.37 Å². The lowest BCUT2D eigenvalue weighted by Crippen LogP contribution is -2.48. The number of amides is 1. The Balaban J connectivity index is 1.21. The van der Waals surface area contributed by atoms with Crippen molar-refractivity contribution >= 4 is 22.6 Å². The smallest absolute Gasteiger partial charge is 0.251 e. The molecule has 34 heavy (non-hydrogen) atoms. The van der Waals surface area contributed by atoms with Gasteiger partial charge in [-0.05, 0) is 29.8 Å². The number of carbonyl (C=O) groups excluding carboxylic acids is 1. The molecule has 2 aromatic carbocycles. The maximum absolute atomic E-state index is 13.1. The quantitative estimate of drug-likeness (QED) is 0.499. The van der Waals surface area contributed by atoms with Gasteiger partial charge in [-0.1, -0.05) is 12.1 Å². The minimum atomic E-state index is -0.242. The van der Waals surface area contributed by atoms with E-state index < -0.39 is 0 Å². The maximum atomic E-state index is 13.1. The molecule has 10 heteroatoms. The lowest BCUT2D eigenvalue weighted by Gasteiger charge is -2.34. The van der Waals surface area contributed by atoms with Crippen LogP contribution in [0.5, 0.6) is 11.5 Å². The van der Waals surface area contributed by atoms with Crippen LogP contribution in [0.3, 0.4) is 0 Å². The zero-order valence-electron chi connectivity index (χ0n) is 19.3. The van der Waals surface area contributed by atoms with Crippen LogP contribution in [0, 0.1) is 5.82 Å². The predicted molar refractivity (Wildman–Crippen MR) is 130 cm³/mol. The van der Waals surface area contributed by atoms with Gasteiger partial charge in [0.1, 0.15) is 23.1 Å². The van der Waals surface area contributed by atoms with E-state index in [0.29, 0.717) is 30.0 Å². The molecule has 0 saturated carbocycles. The summed E-state index contributed by atoms with van der Waals surface area (Å²) in [7, 11) is 3.12. The van der Waals surface area contributed by atoms with Gasteiger partial charge in [0.2, 0.25) is 5.13 Å². The summed E-state index contributed by atoms with van der Waals surface area (Å²) in [5.74, 6) is 1.52. The number of methoxy groups -OCH3 is 2. The summed E-state index contributed by atoms with van der Waals surface area (Å²) in [6.07, 6.45) is 0.593. The van der Waals surface area contributed by atoms with Crippen LogP contribution in [-0.4, -0.2) is 73.7 Å². The van der Waals surface area contributed by atoms with Crippen molar-refractivity contribution in [3.8, 4) is 11.5 Å². The Morgan fingerprint density at radius 3 is 2.38 bits per heavy atom. The Morgan fingerprint density at radius 2 is 1.74 bits per heavy atom. The number of anilines is 1. The lowest BCUT2D eigenvalue weighted by molar-refractivity contribution is 0.0947. The van der Waals surface area contributed by atoms with Gasteiger partial charge in [0.05, 0.1) is 14.2 Å². The Hall–Kier alpha value is -3.24. The van der Waals surface area contributed by atoms with Crippen molar-refractivity contribution in [2.75, 3.05) is 58.4 Å². The third-order valence-corrected chi connectivity index (χ3v) is 6.52. The number of rotatable bonds is 9. The number of aromatic nitrogens is 2. The SMILES string of the molecule is COc1cc(OC)cc(C(=O)NCCN2CCN(c3nc(Cc4ccc(F)cc4)ns3)CC2)c1. The van der Waals surface area contributed by atoms with Crippen molar-refractivity contribution in [1.82, 2.24) is 19.6 Å². The van der Waals surface area contributed by atoms with Crippen LogP contribution in [0.4, 0.5) is 9.52 Å². The van der Waals surface area contributed by atoms with E-state index in [1.165, 1.54) is 23.7 Å². The van der Waals surface area contributed by atoms with E-state index in [1.807, 2.05) is 0 Å². The van der Waals surface area contributed by atoms with Crippen molar-refractivity contribution in [2.45, 2.75) is 6.42 Å². The molecule has 0 unspecified atom stereocenters. The van der Waals surface area contributed by atoms with Crippen molar-refractivity contribution in [3.63, 3.8) is 0 Å². The van der Waals surface area contributed by atoms with Crippen molar-refractivity contribution in [3.05, 3.63) is 65.2 Å². The highest BCUT2D eigenvalue weighted by Crippen LogP contribution is 2.23. The maximum Gasteiger partial charge on any atom is 0.251 e. The fourth-order valence-electron chi connectivity index (χ4n) is 3.76. The molecule has 0 radical (unpaired) electrons. The fraction of sp³-hybridized carbons (Fsp3) is 0.375. The van der Waals surface area contributed by atoms with Gasteiger partial charge in [0.25, 0.3) is 5.91 Å². The molecule has 0 bridgehead atoms. The van der Waals surface area contributed by atoms with Crippen LogP contribution in [0.25, 0.3) is 0 Å². The number of ether oxygens (including phenoxy) is 2. The standard InChI is InChI=1S/C24H28FN5O3S/c1-32-20-14-18(15-21(16-20)33-2)23(31)26-7-8-29-9-11-30(12-10-29)24-27-22(28-34-24)13-17-3-5-19(25)6-4-17/h3-6,14-16H,7-13H2,1-2H3,(H,26,31). The number of halogens is 1. The first kappa shape index (κ1) is 23.9. The van der Waals surface area contributed by atoms with Crippen LogP contribution in [-0.2, 0) is 6.42 Å². The first-order valence-corrected chi connectivity index (χ1v) is 11.9. The number of hydrogen-bond acceptors (Lipinski definition) is 8. The number of carbonyl (C=O) groups is 1. The van der Waals surface area contributed by atoms with E-state index >= 15 is 0 Å². The summed E-state index contributed by atoms with van der Waals surface area (Å²) in [6.45, 7) is 4.80. The Labute approximate surface area is 202 Å². The zero-order chi connectivity index (χ0) is 23.9. The number of piperazine rings is 1. The molecular weight excluding hydrogens is 457 g/mol. The molecule has 1 amide bonds. The highest BCUT2D eigenvalue weighted by Gasteiger charge is 2.20. The average Bonchev–Trinajstić information content (AvgIpc) is 3.34. The van der Waals surface area contributed by atoms with Crippen LogP contribution < -0.4 is 19.7 Å². The van der Waals surface area contributed by atoms with Crippen LogP contribution in [0.15, 0.2) is 42.5 Å². The molecule has 2 heterocycles. The van der Waals surface area contributed by atoms with Gasteiger partial charge in [-0.3, -0.25) is 9.69 Å². The Bertz CT molecular complexity index is 1080. The highest BCUT2D eigenvalue weighted by molar-refractivity contribution is 7.09. The molecule has 1 fully saturated rings. The van der Waals surface area contributed by atoms with Gasteiger partial charge in [0.15, 0.2) is 0 Å². The first-order chi connectivity index (χ1) is 16.5. The molecule has 1 N–H and O–H groups in total. The van der Waals surface area contributed by atoms with Gasteiger partial charge in [0, 0.05) is 68.9 Å². The predicted octanol–water partition coefficient (Wildman–Crippen LogP) is 2.84. The highest BCUT2D eigenvalue weighted by atomic mass is 32.1. The summed E-state index contributed by atoms with van der Waals surface area (Å²) >= 11 is 1.40. The monoisotopic (exact) mass is 485 g/mol. The summed E-state index contributed by atoms with van der Waals surface area (Å²) in [4.78, 5) is 21.8. The Morgan fingerprint density at radius 1 is 1.06 bits per heavy atom. The van der Waals surface area contributed by atoms with Crippen LogP contribution >= 0.6 is 11.5 Å². The fourth-order valence-corrected chi connectivity index (χ4v) is 4.50. The third-order valence-electron chi connectivity index (χ3n) is 5.70. The molecule has 0 spiro atoms. The number of benzene rings is 2. The second-order valence-corrected chi connectivity index (χ2v) is 8.71. The Kier molecular flexibility index (Phi) is 7.91. The molecule has 0 atom stereocenters.